The summed E-state index contributed by atoms with van der Waals surface area (Å²) in [5.41, 5.74) is 0.705. The van der Waals surface area contributed by atoms with Gasteiger partial charge in [-0.3, -0.25) is 0 Å². The van der Waals surface area contributed by atoms with Gasteiger partial charge in [-0.15, -0.1) is 0 Å². The first-order chi connectivity index (χ1) is 8.56. The Hall–Kier alpha value is -1.80. The van der Waals surface area contributed by atoms with Gasteiger partial charge >= 0.3 is 5.95 Å². The molecule has 2 aromatic rings. The molecule has 0 bridgehead atoms. The Bertz CT molecular complexity index is 555. The third-order valence-corrected chi connectivity index (χ3v) is 2.83. The van der Waals surface area contributed by atoms with Crippen molar-refractivity contribution in [3.63, 3.8) is 0 Å². The normalized spacial score (nSPS) is 12.3. The van der Waals surface area contributed by atoms with Gasteiger partial charge < -0.3 is 15.2 Å². The molecule has 2 rings (SSSR count). The Balaban J connectivity index is 2.08. The van der Waals surface area contributed by atoms with Crippen molar-refractivity contribution in [2.45, 2.75) is 12.6 Å². The molecule has 0 saturated carbocycles. The molecule has 1 aromatic carbocycles. The van der Waals surface area contributed by atoms with Crippen LogP contribution in [0.2, 0.25) is 0 Å². The highest BCUT2D eigenvalue weighted by atomic mass is 79.9. The Kier molecular flexibility index (Phi) is 3.68. The average Bonchev–Trinajstić information content (AvgIpc) is 2.78. The van der Waals surface area contributed by atoms with Gasteiger partial charge in [-0.25, -0.2) is 0 Å². The summed E-state index contributed by atoms with van der Waals surface area (Å²) < 4.78 is 2.15. The van der Waals surface area contributed by atoms with Crippen LogP contribution in [0.4, 0.5) is 5.95 Å². The molecule has 0 aliphatic rings. The van der Waals surface area contributed by atoms with E-state index in [2.05, 4.69) is 26.0 Å². The van der Waals surface area contributed by atoms with Crippen LogP contribution in [0.15, 0.2) is 35.1 Å². The molecule has 0 aliphatic carbocycles. The molecule has 0 unspecified atom stereocenters. The van der Waals surface area contributed by atoms with Gasteiger partial charge in [-0.05, 0) is 22.6 Å². The van der Waals surface area contributed by atoms with Gasteiger partial charge in [0, 0.05) is 9.57 Å². The summed E-state index contributed by atoms with van der Waals surface area (Å²) in [6.45, 7) is 0.114. The number of hydrogen-bond acceptors (Lipinski definition) is 5. The van der Waals surface area contributed by atoms with Crippen LogP contribution < -0.4 is 0 Å². The van der Waals surface area contributed by atoms with Gasteiger partial charge in [0.2, 0.25) is 6.33 Å². The zero-order chi connectivity index (χ0) is 13.1. The molecule has 1 aromatic heterocycles. The Morgan fingerprint density at radius 3 is 2.67 bits per heavy atom. The number of hydrogen-bond donors (Lipinski definition) is 1. The molecule has 0 fully saturated rings. The summed E-state index contributed by atoms with van der Waals surface area (Å²) >= 11 is 3.30. The summed E-state index contributed by atoms with van der Waals surface area (Å²) in [6, 6.07) is 7.14. The number of nitro groups is 1. The topological polar surface area (TPSA) is 94.1 Å². The van der Waals surface area contributed by atoms with Crippen molar-refractivity contribution in [3.8, 4) is 0 Å². The van der Waals surface area contributed by atoms with Gasteiger partial charge in [-0.2, -0.15) is 4.68 Å². The number of rotatable bonds is 4. The Morgan fingerprint density at radius 2 is 2.11 bits per heavy atom. The van der Waals surface area contributed by atoms with Crippen molar-refractivity contribution < 1.29 is 10.0 Å². The van der Waals surface area contributed by atoms with E-state index < -0.39 is 17.0 Å². The lowest BCUT2D eigenvalue weighted by Crippen LogP contribution is -2.09. The highest BCUT2D eigenvalue weighted by molar-refractivity contribution is 9.10. The minimum atomic E-state index is -0.792. The smallest absolute Gasteiger partial charge is 0.390 e. The van der Waals surface area contributed by atoms with Gasteiger partial charge in [0.15, 0.2) is 0 Å². The third-order valence-electron chi connectivity index (χ3n) is 2.30. The molecule has 0 radical (unpaired) electrons. The van der Waals surface area contributed by atoms with Gasteiger partial charge in [0.25, 0.3) is 0 Å². The van der Waals surface area contributed by atoms with Crippen molar-refractivity contribution >= 4 is 21.9 Å². The number of aliphatic hydroxyl groups is 1. The lowest BCUT2D eigenvalue weighted by atomic mass is 10.1. The van der Waals surface area contributed by atoms with Crippen LogP contribution in [0.1, 0.15) is 11.7 Å². The maximum atomic E-state index is 10.4. The van der Waals surface area contributed by atoms with Crippen LogP contribution in [0, 0.1) is 10.1 Å². The quantitative estimate of drug-likeness (QED) is 0.684. The highest BCUT2D eigenvalue weighted by Gasteiger charge is 2.16. The van der Waals surface area contributed by atoms with Crippen LogP contribution >= 0.6 is 15.9 Å². The zero-order valence-corrected chi connectivity index (χ0v) is 10.7. The molecule has 1 N–H and O–H groups in total. The molecule has 0 saturated heterocycles. The first kappa shape index (κ1) is 12.7. The SMILES string of the molecule is O=[N+]([O-])c1ncn(C[C@@H](O)c2ccc(Br)cc2)n1. The maximum Gasteiger partial charge on any atom is 0.490 e. The standard InChI is InChI=1S/C10H9BrN4O3/c11-8-3-1-7(2-4-8)9(16)5-14-6-12-10(13-14)15(17)18/h1-4,6,9,16H,5H2/t9-/m1/s1. The summed E-state index contributed by atoms with van der Waals surface area (Å²) in [6.07, 6.45) is 0.430. The second kappa shape index (κ2) is 5.23. The second-order valence-corrected chi connectivity index (χ2v) is 4.51. The Morgan fingerprint density at radius 1 is 1.44 bits per heavy atom. The van der Waals surface area contributed by atoms with Crippen LogP contribution in [-0.4, -0.2) is 24.8 Å². The minimum Gasteiger partial charge on any atom is -0.390 e. The molecule has 18 heavy (non-hydrogen) atoms. The van der Waals surface area contributed by atoms with Gasteiger partial charge in [0.1, 0.15) is 0 Å². The average molecular weight is 313 g/mol. The molecule has 94 valence electrons. The summed E-state index contributed by atoms with van der Waals surface area (Å²) in [5, 5.41) is 24.0. The van der Waals surface area contributed by atoms with Crippen LogP contribution in [-0.2, 0) is 6.54 Å². The fourth-order valence-electron chi connectivity index (χ4n) is 1.42. The molecule has 0 spiro atoms. The summed E-state index contributed by atoms with van der Waals surface area (Å²) in [5.74, 6) is -0.474. The van der Waals surface area contributed by atoms with E-state index in [4.69, 9.17) is 0 Å². The largest absolute Gasteiger partial charge is 0.490 e. The van der Waals surface area contributed by atoms with E-state index in [1.807, 2.05) is 12.1 Å². The van der Waals surface area contributed by atoms with Crippen molar-refractivity contribution in [2.75, 3.05) is 0 Å². The molecule has 7 nitrogen and oxygen atoms in total. The van der Waals surface area contributed by atoms with Crippen molar-refractivity contribution in [3.05, 3.63) is 50.7 Å². The fraction of sp³-hybridized carbons (Fsp3) is 0.200. The van der Waals surface area contributed by atoms with E-state index in [0.717, 1.165) is 4.47 Å². The molecular formula is C10H9BrN4O3. The molecular weight excluding hydrogens is 304 g/mol. The highest BCUT2D eigenvalue weighted by Crippen LogP contribution is 2.18. The number of halogens is 1. The molecule has 0 aliphatic heterocycles. The van der Waals surface area contributed by atoms with E-state index in [-0.39, 0.29) is 6.54 Å². The molecule has 0 amide bonds. The predicted octanol–water partition coefficient (Wildman–Crippen LogP) is 1.68. The third kappa shape index (κ3) is 2.90. The van der Waals surface area contributed by atoms with Crippen molar-refractivity contribution in [2.24, 2.45) is 0 Å². The van der Waals surface area contributed by atoms with E-state index >= 15 is 0 Å². The maximum absolute atomic E-state index is 10.4. The molecule has 1 atom stereocenters. The summed E-state index contributed by atoms with van der Waals surface area (Å²) in [7, 11) is 0. The van der Waals surface area contributed by atoms with E-state index in [9.17, 15) is 15.2 Å². The number of benzene rings is 1. The van der Waals surface area contributed by atoms with Crippen LogP contribution in [0.5, 0.6) is 0 Å². The lowest BCUT2D eigenvalue weighted by molar-refractivity contribution is -0.394. The van der Waals surface area contributed by atoms with Crippen LogP contribution in [0.3, 0.4) is 0 Å². The number of aliphatic hydroxyl groups excluding tert-OH is 1. The second-order valence-electron chi connectivity index (χ2n) is 3.59. The monoisotopic (exact) mass is 312 g/mol. The lowest BCUT2D eigenvalue weighted by Gasteiger charge is -2.08. The van der Waals surface area contributed by atoms with Gasteiger partial charge in [0.05, 0.1) is 12.6 Å². The van der Waals surface area contributed by atoms with Crippen molar-refractivity contribution in [1.82, 2.24) is 14.8 Å². The van der Waals surface area contributed by atoms with E-state index in [0.29, 0.717) is 5.56 Å². The predicted molar refractivity (Wildman–Crippen MR) is 65.8 cm³/mol. The minimum absolute atomic E-state index is 0.114. The fourth-order valence-corrected chi connectivity index (χ4v) is 1.69. The Labute approximate surface area is 110 Å². The van der Waals surface area contributed by atoms with Crippen molar-refractivity contribution in [1.29, 1.82) is 0 Å². The first-order valence-corrected chi connectivity index (χ1v) is 5.83. The number of aromatic nitrogens is 3. The number of nitrogens with zero attached hydrogens (tertiary/aromatic N) is 4. The summed E-state index contributed by atoms with van der Waals surface area (Å²) in [4.78, 5) is 13.2. The van der Waals surface area contributed by atoms with Gasteiger partial charge in [-0.1, -0.05) is 33.0 Å². The molecule has 8 heteroatoms. The first-order valence-electron chi connectivity index (χ1n) is 5.03. The zero-order valence-electron chi connectivity index (χ0n) is 9.10. The van der Waals surface area contributed by atoms with Crippen LogP contribution in [0.25, 0.3) is 0 Å². The van der Waals surface area contributed by atoms with E-state index in [1.165, 1.54) is 11.0 Å². The molecule has 1 heterocycles. The van der Waals surface area contributed by atoms with E-state index in [1.54, 1.807) is 12.1 Å².